The first kappa shape index (κ1) is 21.9. The number of guanidine groups is 1. The van der Waals surface area contributed by atoms with E-state index in [0.29, 0.717) is 32.6 Å². The van der Waals surface area contributed by atoms with Gasteiger partial charge in [-0.05, 0) is 44.9 Å². The fraction of sp³-hybridized carbons (Fsp3) is 0.591. The van der Waals surface area contributed by atoms with Crippen molar-refractivity contribution in [3.05, 3.63) is 29.8 Å². The molecule has 0 bridgehead atoms. The Balaban J connectivity index is 1.51. The van der Waals surface area contributed by atoms with Crippen LogP contribution >= 0.6 is 0 Å². The Labute approximate surface area is 178 Å². The van der Waals surface area contributed by atoms with Crippen LogP contribution in [0, 0.1) is 0 Å². The summed E-state index contributed by atoms with van der Waals surface area (Å²) >= 11 is 0. The number of fused-ring (bicyclic) bond motifs is 1. The lowest BCUT2D eigenvalue weighted by Gasteiger charge is -2.39. The normalized spacial score (nSPS) is 18.5. The largest absolute Gasteiger partial charge is 0.444 e. The predicted molar refractivity (Wildman–Crippen MR) is 117 cm³/mol. The highest BCUT2D eigenvalue weighted by molar-refractivity contribution is 5.90. The zero-order chi connectivity index (χ0) is 21.7. The average molecular weight is 416 g/mol. The smallest absolute Gasteiger partial charge is 0.410 e. The first-order chi connectivity index (χ1) is 14.2. The number of piperazine rings is 1. The maximum absolute atomic E-state index is 12.3. The van der Waals surface area contributed by atoms with Gasteiger partial charge < -0.3 is 25.2 Å². The molecule has 1 fully saturated rings. The van der Waals surface area contributed by atoms with E-state index < -0.39 is 5.60 Å². The molecule has 8 nitrogen and oxygen atoms in total. The number of nitrogens with zero attached hydrogens (tertiary/aromatic N) is 3. The Morgan fingerprint density at radius 2 is 2.07 bits per heavy atom. The summed E-state index contributed by atoms with van der Waals surface area (Å²) in [5, 5.41) is 6.34. The minimum atomic E-state index is -0.488. The third-order valence-corrected chi connectivity index (χ3v) is 5.00. The second-order valence-electron chi connectivity index (χ2n) is 8.79. The number of hydrogen-bond acceptors (Lipinski definition) is 6. The van der Waals surface area contributed by atoms with Crippen LogP contribution in [0.4, 0.5) is 10.5 Å². The Hall–Kier alpha value is -2.77. The van der Waals surface area contributed by atoms with Gasteiger partial charge in [0.15, 0.2) is 5.96 Å². The van der Waals surface area contributed by atoms with Gasteiger partial charge in [-0.1, -0.05) is 19.1 Å². The Bertz CT molecular complexity index is 802. The van der Waals surface area contributed by atoms with Gasteiger partial charge in [0.1, 0.15) is 5.60 Å². The van der Waals surface area contributed by atoms with Gasteiger partial charge >= 0.3 is 6.09 Å². The standard InChI is InChI=1S/C22H33N5O3/c1-5-7-19(28)25-17-9-6-8-16(12-17)13-23-20-24-14-18-15-26(10-11-27(18)20)21(29)30-22(2,3)4/h6,8-9,12,18H,5,7,10-11,13-15H2,1-4H3,(H,23,24)(H,25,28). The van der Waals surface area contributed by atoms with Crippen LogP contribution in [0.1, 0.15) is 46.1 Å². The summed E-state index contributed by atoms with van der Waals surface area (Å²) in [6.07, 6.45) is 1.09. The average Bonchev–Trinajstić information content (AvgIpc) is 3.08. The van der Waals surface area contributed by atoms with Crippen molar-refractivity contribution in [2.24, 2.45) is 4.99 Å². The quantitative estimate of drug-likeness (QED) is 0.772. The molecule has 0 aliphatic carbocycles. The number of hydrogen-bond donors (Lipinski definition) is 2. The Morgan fingerprint density at radius 1 is 1.27 bits per heavy atom. The molecule has 2 aliphatic rings. The second kappa shape index (κ2) is 9.36. The zero-order valence-electron chi connectivity index (χ0n) is 18.4. The van der Waals surface area contributed by atoms with Gasteiger partial charge in [-0.3, -0.25) is 9.79 Å². The summed E-state index contributed by atoms with van der Waals surface area (Å²) in [7, 11) is 0. The molecule has 2 N–H and O–H groups in total. The Kier molecular flexibility index (Phi) is 6.84. The van der Waals surface area contributed by atoms with Crippen molar-refractivity contribution < 1.29 is 14.3 Å². The van der Waals surface area contributed by atoms with Crippen LogP contribution in [-0.2, 0) is 16.1 Å². The molecule has 1 atom stereocenters. The summed E-state index contributed by atoms with van der Waals surface area (Å²) in [6.45, 7) is 10.9. The van der Waals surface area contributed by atoms with Crippen LogP contribution in [0.3, 0.4) is 0 Å². The SMILES string of the molecule is CCCC(=O)Nc1cccc(CNC2=NCC3CN(C(=O)OC(C)(C)C)CCN23)c1. The van der Waals surface area contributed by atoms with Gasteiger partial charge in [0.05, 0.1) is 12.6 Å². The van der Waals surface area contributed by atoms with Gasteiger partial charge in [0.25, 0.3) is 0 Å². The molecule has 2 heterocycles. The van der Waals surface area contributed by atoms with Crippen LogP contribution in [0.5, 0.6) is 0 Å². The molecule has 0 aromatic heterocycles. The highest BCUT2D eigenvalue weighted by atomic mass is 16.6. The number of benzene rings is 1. The van der Waals surface area contributed by atoms with Crippen molar-refractivity contribution in [3.8, 4) is 0 Å². The van der Waals surface area contributed by atoms with Crippen LogP contribution in [-0.4, -0.2) is 65.6 Å². The van der Waals surface area contributed by atoms with Gasteiger partial charge in [-0.25, -0.2) is 4.79 Å². The topological polar surface area (TPSA) is 86.3 Å². The summed E-state index contributed by atoms with van der Waals surface area (Å²) in [6, 6.07) is 8.02. The molecule has 1 aromatic carbocycles. The van der Waals surface area contributed by atoms with Crippen LogP contribution < -0.4 is 10.6 Å². The van der Waals surface area contributed by atoms with Gasteiger partial charge in [0, 0.05) is 38.3 Å². The number of aliphatic imine (C=N–C) groups is 1. The maximum atomic E-state index is 12.3. The number of carbonyl (C=O) groups is 2. The number of rotatable bonds is 5. The molecule has 8 heteroatoms. The molecule has 1 saturated heterocycles. The molecule has 2 amide bonds. The second-order valence-corrected chi connectivity index (χ2v) is 8.79. The van der Waals surface area contributed by atoms with E-state index in [2.05, 4.69) is 20.5 Å². The number of anilines is 1. The Morgan fingerprint density at radius 3 is 2.80 bits per heavy atom. The molecule has 0 saturated carbocycles. The van der Waals surface area contributed by atoms with Crippen molar-refractivity contribution in [1.82, 2.24) is 15.1 Å². The van der Waals surface area contributed by atoms with E-state index in [-0.39, 0.29) is 18.0 Å². The molecule has 3 rings (SSSR count). The lowest BCUT2D eigenvalue weighted by molar-refractivity contribution is -0.116. The zero-order valence-corrected chi connectivity index (χ0v) is 18.4. The van der Waals surface area contributed by atoms with Crippen LogP contribution in [0.2, 0.25) is 0 Å². The highest BCUT2D eigenvalue weighted by Gasteiger charge is 2.36. The molecule has 164 valence electrons. The van der Waals surface area contributed by atoms with Gasteiger partial charge in [0.2, 0.25) is 5.91 Å². The van der Waals surface area contributed by atoms with Crippen LogP contribution in [0.25, 0.3) is 0 Å². The van der Waals surface area contributed by atoms with Crippen molar-refractivity contribution in [1.29, 1.82) is 0 Å². The molecular weight excluding hydrogens is 382 g/mol. The molecule has 0 radical (unpaired) electrons. The van der Waals surface area contributed by atoms with Crippen molar-refractivity contribution in [2.75, 3.05) is 31.5 Å². The summed E-state index contributed by atoms with van der Waals surface area (Å²) < 4.78 is 5.50. The van der Waals surface area contributed by atoms with Crippen molar-refractivity contribution >= 4 is 23.6 Å². The van der Waals surface area contributed by atoms with E-state index in [0.717, 1.165) is 30.2 Å². The maximum Gasteiger partial charge on any atom is 0.410 e. The van der Waals surface area contributed by atoms with E-state index in [9.17, 15) is 9.59 Å². The molecule has 0 spiro atoms. The fourth-order valence-corrected chi connectivity index (χ4v) is 3.61. The van der Waals surface area contributed by atoms with Gasteiger partial charge in [-0.15, -0.1) is 0 Å². The summed E-state index contributed by atoms with van der Waals surface area (Å²) in [5.41, 5.74) is 1.39. The monoisotopic (exact) mass is 415 g/mol. The third-order valence-electron chi connectivity index (χ3n) is 5.00. The van der Waals surface area contributed by atoms with Crippen molar-refractivity contribution in [3.63, 3.8) is 0 Å². The fourth-order valence-electron chi connectivity index (χ4n) is 3.61. The molecule has 2 aliphatic heterocycles. The number of amides is 2. The minimum Gasteiger partial charge on any atom is -0.444 e. The van der Waals surface area contributed by atoms with E-state index in [1.807, 2.05) is 52.0 Å². The third kappa shape index (κ3) is 5.87. The van der Waals surface area contributed by atoms with E-state index in [1.165, 1.54) is 0 Å². The summed E-state index contributed by atoms with van der Waals surface area (Å²) in [4.78, 5) is 32.8. The van der Waals surface area contributed by atoms with Gasteiger partial charge in [-0.2, -0.15) is 0 Å². The number of ether oxygens (including phenoxy) is 1. The minimum absolute atomic E-state index is 0.0356. The van der Waals surface area contributed by atoms with Crippen molar-refractivity contribution in [2.45, 2.75) is 58.7 Å². The number of carbonyl (C=O) groups excluding carboxylic acids is 2. The lowest BCUT2D eigenvalue weighted by atomic mass is 10.2. The van der Waals surface area contributed by atoms with E-state index in [1.54, 1.807) is 4.90 Å². The molecular formula is C22H33N5O3. The number of nitrogens with one attached hydrogen (secondary N) is 2. The van der Waals surface area contributed by atoms with Crippen LogP contribution in [0.15, 0.2) is 29.3 Å². The van der Waals surface area contributed by atoms with E-state index in [4.69, 9.17) is 4.74 Å². The van der Waals surface area contributed by atoms with E-state index >= 15 is 0 Å². The first-order valence-corrected chi connectivity index (χ1v) is 10.7. The lowest BCUT2D eigenvalue weighted by Crippen LogP contribution is -2.57. The first-order valence-electron chi connectivity index (χ1n) is 10.7. The highest BCUT2D eigenvalue weighted by Crippen LogP contribution is 2.19. The summed E-state index contributed by atoms with van der Waals surface area (Å²) in [5.74, 6) is 0.901. The molecule has 30 heavy (non-hydrogen) atoms. The molecule has 1 unspecified atom stereocenters. The predicted octanol–water partition coefficient (Wildman–Crippen LogP) is 2.81. The molecule has 1 aromatic rings.